The first kappa shape index (κ1) is 27.8. The smallest absolute Gasteiger partial charge is 0.307 e. The topological polar surface area (TPSA) is 73.7 Å². The van der Waals surface area contributed by atoms with Crippen molar-refractivity contribution in [3.8, 4) is 11.4 Å². The highest BCUT2D eigenvalue weighted by Crippen LogP contribution is 2.26. The first-order valence-corrected chi connectivity index (χ1v) is 14.3. The number of hydrogen-bond donors (Lipinski definition) is 1. The molecule has 0 bridgehead atoms. The van der Waals surface area contributed by atoms with Gasteiger partial charge in [-0.1, -0.05) is 48.0 Å². The molecule has 7 heteroatoms. The predicted molar refractivity (Wildman–Crippen MR) is 170 cm³/mol. The van der Waals surface area contributed by atoms with Crippen LogP contribution in [0.25, 0.3) is 16.6 Å². The number of ether oxygens (including phenoxy) is 1. The van der Waals surface area contributed by atoms with Crippen LogP contribution in [0.5, 0.6) is 5.75 Å². The summed E-state index contributed by atoms with van der Waals surface area (Å²) in [5.74, 6) is 1.01. The van der Waals surface area contributed by atoms with E-state index < -0.39 is 5.91 Å². The lowest BCUT2D eigenvalue weighted by atomic mass is 10.1. The molecule has 0 aliphatic carbocycles. The van der Waals surface area contributed by atoms with Gasteiger partial charge in [0.1, 0.15) is 18.1 Å². The summed E-state index contributed by atoms with van der Waals surface area (Å²) < 4.78 is 16.1. The zero-order valence-electron chi connectivity index (χ0n) is 24.8. The molecule has 3 heterocycles. The van der Waals surface area contributed by atoms with E-state index in [9.17, 15) is 4.79 Å². The normalized spacial score (nSPS) is 11.4. The van der Waals surface area contributed by atoms with E-state index in [1.807, 2.05) is 36.4 Å². The minimum Gasteiger partial charge on any atom is -0.486 e. The molecule has 0 aliphatic rings. The zero-order valence-corrected chi connectivity index (χ0v) is 24.8. The second kappa shape index (κ2) is 11.9. The van der Waals surface area contributed by atoms with Gasteiger partial charge in [0.2, 0.25) is 0 Å². The fourth-order valence-electron chi connectivity index (χ4n) is 5.53. The number of hydrogen-bond acceptors (Lipinski definition) is 4. The van der Waals surface area contributed by atoms with Gasteiger partial charge in [0.25, 0.3) is 0 Å². The average Bonchev–Trinajstić information content (AvgIpc) is 3.69. The second-order valence-electron chi connectivity index (χ2n) is 10.8. The molecule has 0 radical (unpaired) electrons. The standard InChI is InChI=1S/C36H34N4O3/c1-24-8-7-9-28(20-24)22-39-27(4)33(32-10-5-6-11-34(32)39)21-37-38-36(41)35-19-18-31(43-35)23-42-30-16-14-29(15-17-30)40-25(2)12-13-26(40)3/h5-21H,22-23H2,1-4H3,(H,38,41)/b37-21+. The molecule has 1 N–H and O–H groups in total. The Morgan fingerprint density at radius 1 is 0.884 bits per heavy atom. The van der Waals surface area contributed by atoms with Gasteiger partial charge in [0.05, 0.1) is 6.21 Å². The van der Waals surface area contributed by atoms with Crippen LogP contribution < -0.4 is 10.2 Å². The van der Waals surface area contributed by atoms with E-state index in [2.05, 4.69) is 95.9 Å². The van der Waals surface area contributed by atoms with Gasteiger partial charge in [-0.2, -0.15) is 5.10 Å². The van der Waals surface area contributed by atoms with Gasteiger partial charge in [-0.3, -0.25) is 4.79 Å². The van der Waals surface area contributed by atoms with Crippen molar-refractivity contribution in [2.24, 2.45) is 5.10 Å². The summed E-state index contributed by atoms with van der Waals surface area (Å²) in [5.41, 5.74) is 11.7. The van der Waals surface area contributed by atoms with Crippen molar-refractivity contribution in [3.05, 3.63) is 142 Å². The fraction of sp³-hybridized carbons (Fsp3) is 0.167. The first-order valence-electron chi connectivity index (χ1n) is 14.3. The Morgan fingerprint density at radius 2 is 1.65 bits per heavy atom. The van der Waals surface area contributed by atoms with Gasteiger partial charge in [-0.25, -0.2) is 5.43 Å². The third-order valence-corrected chi connectivity index (χ3v) is 7.70. The molecule has 1 amide bonds. The first-order chi connectivity index (χ1) is 20.9. The van der Waals surface area contributed by atoms with Gasteiger partial charge in [-0.05, 0) is 87.9 Å². The Balaban J connectivity index is 1.09. The molecule has 0 fully saturated rings. The predicted octanol–water partition coefficient (Wildman–Crippen LogP) is 7.65. The maximum absolute atomic E-state index is 12.8. The SMILES string of the molecule is Cc1cccc(Cn2c(C)c(/C=N/NC(=O)c3ccc(COc4ccc(-n5c(C)ccc5C)cc4)o3)c3ccccc32)c1. The van der Waals surface area contributed by atoms with Gasteiger partial charge < -0.3 is 18.3 Å². The summed E-state index contributed by atoms with van der Waals surface area (Å²) in [7, 11) is 0. The van der Waals surface area contributed by atoms with E-state index in [-0.39, 0.29) is 12.4 Å². The molecule has 0 spiro atoms. The number of carbonyl (C=O) groups excluding carboxylic acids is 1. The van der Waals surface area contributed by atoms with E-state index >= 15 is 0 Å². The van der Waals surface area contributed by atoms with E-state index in [1.165, 1.54) is 22.5 Å². The van der Waals surface area contributed by atoms with Crippen LogP contribution in [0.3, 0.4) is 0 Å². The van der Waals surface area contributed by atoms with Crippen molar-refractivity contribution in [3.63, 3.8) is 0 Å². The van der Waals surface area contributed by atoms with Gasteiger partial charge in [0, 0.05) is 45.8 Å². The van der Waals surface area contributed by atoms with Crippen LogP contribution in [-0.4, -0.2) is 21.3 Å². The lowest BCUT2D eigenvalue weighted by Crippen LogP contribution is -2.16. The molecule has 3 aromatic carbocycles. The van der Waals surface area contributed by atoms with Gasteiger partial charge in [-0.15, -0.1) is 0 Å². The van der Waals surface area contributed by atoms with Gasteiger partial charge >= 0.3 is 5.91 Å². The quantitative estimate of drug-likeness (QED) is 0.143. The minimum absolute atomic E-state index is 0.170. The highest BCUT2D eigenvalue weighted by atomic mass is 16.5. The number of aryl methyl sites for hydroxylation is 3. The summed E-state index contributed by atoms with van der Waals surface area (Å²) in [6, 6.07) is 32.2. The highest BCUT2D eigenvalue weighted by molar-refractivity contribution is 6.01. The Kier molecular flexibility index (Phi) is 7.71. The van der Waals surface area contributed by atoms with E-state index in [1.54, 1.807) is 18.3 Å². The maximum atomic E-state index is 12.8. The molecule has 7 nitrogen and oxygen atoms in total. The average molecular weight is 571 g/mol. The summed E-state index contributed by atoms with van der Waals surface area (Å²) in [6.07, 6.45) is 1.70. The van der Waals surface area contributed by atoms with E-state index in [0.717, 1.165) is 40.1 Å². The molecular weight excluding hydrogens is 536 g/mol. The molecule has 0 saturated heterocycles. The molecule has 0 saturated carbocycles. The van der Waals surface area contributed by atoms with Gasteiger partial charge in [0.15, 0.2) is 5.76 Å². The number of fused-ring (bicyclic) bond motifs is 1. The number of carbonyl (C=O) groups is 1. The number of rotatable bonds is 9. The second-order valence-corrected chi connectivity index (χ2v) is 10.8. The lowest BCUT2D eigenvalue weighted by Gasteiger charge is -2.10. The maximum Gasteiger partial charge on any atom is 0.307 e. The monoisotopic (exact) mass is 570 g/mol. The highest BCUT2D eigenvalue weighted by Gasteiger charge is 2.14. The number of hydrazone groups is 1. The van der Waals surface area contributed by atoms with Crippen molar-refractivity contribution in [1.82, 2.24) is 14.6 Å². The Bertz CT molecular complexity index is 1920. The summed E-state index contributed by atoms with van der Waals surface area (Å²) >= 11 is 0. The number of benzene rings is 3. The van der Waals surface area contributed by atoms with Crippen molar-refractivity contribution in [2.75, 3.05) is 0 Å². The summed E-state index contributed by atoms with van der Waals surface area (Å²) in [6.45, 7) is 9.31. The van der Waals surface area contributed by atoms with Crippen LogP contribution in [0.1, 0.15) is 50.1 Å². The number of amides is 1. The van der Waals surface area contributed by atoms with Crippen molar-refractivity contribution >= 4 is 23.0 Å². The van der Waals surface area contributed by atoms with Crippen molar-refractivity contribution in [1.29, 1.82) is 0 Å². The molecule has 6 aromatic rings. The van der Waals surface area contributed by atoms with Crippen LogP contribution in [0.15, 0.2) is 107 Å². The third kappa shape index (κ3) is 5.88. The van der Waals surface area contributed by atoms with E-state index in [0.29, 0.717) is 5.76 Å². The van der Waals surface area contributed by atoms with Crippen molar-refractivity contribution in [2.45, 2.75) is 40.8 Å². The molecule has 43 heavy (non-hydrogen) atoms. The third-order valence-electron chi connectivity index (χ3n) is 7.70. The molecule has 216 valence electrons. The molecule has 6 rings (SSSR count). The van der Waals surface area contributed by atoms with Crippen LogP contribution in [0.2, 0.25) is 0 Å². The summed E-state index contributed by atoms with van der Waals surface area (Å²) in [4.78, 5) is 12.8. The molecular formula is C36H34N4O3. The number of nitrogens with one attached hydrogen (secondary N) is 1. The number of furan rings is 1. The van der Waals surface area contributed by atoms with Crippen LogP contribution in [-0.2, 0) is 13.2 Å². The molecule has 0 aliphatic heterocycles. The molecule has 0 unspecified atom stereocenters. The lowest BCUT2D eigenvalue weighted by molar-refractivity contribution is 0.0923. The van der Waals surface area contributed by atoms with Crippen LogP contribution in [0, 0.1) is 27.7 Å². The minimum atomic E-state index is -0.425. The number of nitrogens with zero attached hydrogens (tertiary/aromatic N) is 3. The van der Waals surface area contributed by atoms with E-state index in [4.69, 9.17) is 9.15 Å². The Morgan fingerprint density at radius 3 is 2.42 bits per heavy atom. The Hall–Kier alpha value is -5.30. The van der Waals surface area contributed by atoms with Crippen LogP contribution >= 0.6 is 0 Å². The molecule has 0 atom stereocenters. The summed E-state index contributed by atoms with van der Waals surface area (Å²) in [5, 5.41) is 5.36. The Labute approximate surface area is 251 Å². The zero-order chi connectivity index (χ0) is 29.9. The van der Waals surface area contributed by atoms with Crippen LogP contribution in [0.4, 0.5) is 0 Å². The van der Waals surface area contributed by atoms with Crippen molar-refractivity contribution < 1.29 is 13.9 Å². The molecule has 3 aromatic heterocycles. The number of aromatic nitrogens is 2. The largest absolute Gasteiger partial charge is 0.486 e. The fourth-order valence-corrected chi connectivity index (χ4v) is 5.53. The number of para-hydroxylation sites is 1.